The molecule has 2 unspecified atom stereocenters. The number of ether oxygens (including phenoxy) is 2. The number of piperidine rings is 1. The molecule has 3 rings (SSSR count). The molecule has 1 amide bonds. The molecule has 0 aromatic heterocycles. The molecule has 2 atom stereocenters. The van der Waals surface area contributed by atoms with E-state index < -0.39 is 5.97 Å². The largest absolute Gasteiger partial charge is 0.490 e. The fourth-order valence-corrected chi connectivity index (χ4v) is 3.94. The van der Waals surface area contributed by atoms with E-state index in [2.05, 4.69) is 17.3 Å². The number of carboxylic acid groups (broad SMARTS) is 1. The van der Waals surface area contributed by atoms with Crippen molar-refractivity contribution in [2.75, 3.05) is 33.4 Å². The number of nitrogens with zero attached hydrogens (tertiary/aromatic N) is 1. The highest BCUT2D eigenvalue weighted by molar-refractivity contribution is 5.96. The highest BCUT2D eigenvalue weighted by Crippen LogP contribution is 2.34. The number of benzene rings is 2. The van der Waals surface area contributed by atoms with E-state index in [0.717, 1.165) is 30.8 Å². The number of carbonyl (C=O) groups is 2. The predicted molar refractivity (Wildman–Crippen MR) is 118 cm³/mol. The van der Waals surface area contributed by atoms with Gasteiger partial charge in [0.05, 0.1) is 18.8 Å². The summed E-state index contributed by atoms with van der Waals surface area (Å²) in [6.45, 7) is 6.67. The summed E-state index contributed by atoms with van der Waals surface area (Å²) in [5.41, 5.74) is 1.70. The highest BCUT2D eigenvalue weighted by Gasteiger charge is 2.31. The summed E-state index contributed by atoms with van der Waals surface area (Å²) in [5.74, 6) is 0.312. The van der Waals surface area contributed by atoms with Crippen LogP contribution in [-0.2, 0) is 0 Å². The van der Waals surface area contributed by atoms with Crippen molar-refractivity contribution in [3.63, 3.8) is 0 Å². The third-order valence-electron chi connectivity index (χ3n) is 5.52. The molecular weight excluding hydrogens is 396 g/mol. The summed E-state index contributed by atoms with van der Waals surface area (Å²) in [6.07, 6.45) is 0.817. The number of amides is 1. The fourth-order valence-electron chi connectivity index (χ4n) is 3.94. The Balaban J connectivity index is 1.81. The monoisotopic (exact) mass is 426 g/mol. The number of rotatable bonds is 8. The summed E-state index contributed by atoms with van der Waals surface area (Å²) in [7, 11) is 2.08. The van der Waals surface area contributed by atoms with Gasteiger partial charge in [0, 0.05) is 24.1 Å². The molecule has 2 N–H and O–H groups in total. The molecule has 1 saturated heterocycles. The van der Waals surface area contributed by atoms with E-state index in [1.54, 1.807) is 12.1 Å². The minimum absolute atomic E-state index is 0.0460. The zero-order chi connectivity index (χ0) is 22.4. The van der Waals surface area contributed by atoms with Crippen LogP contribution in [0, 0.1) is 0 Å². The van der Waals surface area contributed by atoms with Crippen molar-refractivity contribution < 1.29 is 24.2 Å². The van der Waals surface area contributed by atoms with Gasteiger partial charge < -0.3 is 24.8 Å². The van der Waals surface area contributed by atoms with E-state index in [-0.39, 0.29) is 23.4 Å². The standard InChI is InChI=1S/C24H30N2O5/c1-4-30-21-11-10-18(14-22(21)31-5-2)19-15-26(3)13-12-20(19)25-23(27)16-6-8-17(9-7-16)24(28)29/h6-11,14,19-20H,4-5,12-13,15H2,1-3H3,(H,25,27)(H,28,29). The van der Waals surface area contributed by atoms with Crippen LogP contribution in [0.2, 0.25) is 0 Å². The third-order valence-corrected chi connectivity index (χ3v) is 5.52. The average Bonchev–Trinajstić information content (AvgIpc) is 2.76. The van der Waals surface area contributed by atoms with Gasteiger partial charge in [0.2, 0.25) is 0 Å². The quantitative estimate of drug-likeness (QED) is 0.673. The molecule has 7 nitrogen and oxygen atoms in total. The van der Waals surface area contributed by atoms with Gasteiger partial charge in [-0.3, -0.25) is 4.79 Å². The third kappa shape index (κ3) is 5.55. The van der Waals surface area contributed by atoms with E-state index >= 15 is 0 Å². The van der Waals surface area contributed by atoms with Gasteiger partial charge in [0.15, 0.2) is 11.5 Å². The molecular formula is C24H30N2O5. The molecule has 0 saturated carbocycles. The number of carboxylic acids is 1. The smallest absolute Gasteiger partial charge is 0.335 e. The van der Waals surface area contributed by atoms with Crippen LogP contribution in [0.3, 0.4) is 0 Å². The number of hydrogen-bond donors (Lipinski definition) is 2. The lowest BCUT2D eigenvalue weighted by atomic mass is 9.85. The molecule has 7 heteroatoms. The molecule has 0 radical (unpaired) electrons. The Morgan fingerprint density at radius 2 is 1.68 bits per heavy atom. The van der Waals surface area contributed by atoms with E-state index in [1.807, 2.05) is 32.0 Å². The topological polar surface area (TPSA) is 88.1 Å². The second-order valence-electron chi connectivity index (χ2n) is 7.69. The molecule has 1 aliphatic heterocycles. The minimum Gasteiger partial charge on any atom is -0.490 e. The van der Waals surface area contributed by atoms with E-state index in [9.17, 15) is 9.59 Å². The first-order valence-electron chi connectivity index (χ1n) is 10.6. The minimum atomic E-state index is -1.01. The number of hydrogen-bond acceptors (Lipinski definition) is 5. The van der Waals surface area contributed by atoms with Gasteiger partial charge in [-0.25, -0.2) is 4.79 Å². The van der Waals surface area contributed by atoms with Crippen LogP contribution in [-0.4, -0.2) is 61.3 Å². The Morgan fingerprint density at radius 3 is 2.32 bits per heavy atom. The van der Waals surface area contributed by atoms with Crippen LogP contribution in [0.4, 0.5) is 0 Å². The van der Waals surface area contributed by atoms with Crippen molar-refractivity contribution in [3.05, 3.63) is 59.2 Å². The molecule has 2 aromatic carbocycles. The van der Waals surface area contributed by atoms with Crippen LogP contribution in [0.1, 0.15) is 52.5 Å². The summed E-state index contributed by atoms with van der Waals surface area (Å²) >= 11 is 0. The molecule has 2 aromatic rings. The molecule has 1 heterocycles. The number of likely N-dealkylation sites (N-methyl/N-ethyl adjacent to an activating group) is 1. The van der Waals surface area contributed by atoms with E-state index in [0.29, 0.717) is 24.5 Å². The van der Waals surface area contributed by atoms with Gasteiger partial charge in [-0.15, -0.1) is 0 Å². The van der Waals surface area contributed by atoms with Crippen molar-refractivity contribution >= 4 is 11.9 Å². The van der Waals surface area contributed by atoms with Gasteiger partial charge in [-0.05, 0) is 75.8 Å². The zero-order valence-corrected chi connectivity index (χ0v) is 18.3. The Bertz CT molecular complexity index is 913. The summed E-state index contributed by atoms with van der Waals surface area (Å²) < 4.78 is 11.5. The SMILES string of the molecule is CCOc1ccc(C2CN(C)CCC2NC(=O)c2ccc(C(=O)O)cc2)cc1OCC. The first-order valence-corrected chi connectivity index (χ1v) is 10.6. The lowest BCUT2D eigenvalue weighted by molar-refractivity contribution is 0.0696. The van der Waals surface area contributed by atoms with Crippen LogP contribution < -0.4 is 14.8 Å². The molecule has 1 fully saturated rings. The van der Waals surface area contributed by atoms with Crippen LogP contribution in [0.15, 0.2) is 42.5 Å². The number of aromatic carboxylic acids is 1. The van der Waals surface area contributed by atoms with Gasteiger partial charge in [-0.1, -0.05) is 6.07 Å². The van der Waals surface area contributed by atoms with Gasteiger partial charge in [-0.2, -0.15) is 0 Å². The van der Waals surface area contributed by atoms with Crippen LogP contribution >= 0.6 is 0 Å². The Labute approximate surface area is 183 Å². The lowest BCUT2D eigenvalue weighted by Gasteiger charge is -2.37. The first kappa shape index (κ1) is 22.6. The van der Waals surface area contributed by atoms with Crippen molar-refractivity contribution in [1.82, 2.24) is 10.2 Å². The first-order chi connectivity index (χ1) is 14.9. The van der Waals surface area contributed by atoms with Gasteiger partial charge in [0.25, 0.3) is 5.91 Å². The van der Waals surface area contributed by atoms with Gasteiger partial charge >= 0.3 is 5.97 Å². The molecule has 31 heavy (non-hydrogen) atoms. The molecule has 0 aliphatic carbocycles. The number of likely N-dealkylation sites (tertiary alicyclic amines) is 1. The second kappa shape index (κ2) is 10.3. The molecule has 0 spiro atoms. The normalized spacial score (nSPS) is 18.9. The van der Waals surface area contributed by atoms with Crippen molar-refractivity contribution in [2.45, 2.75) is 32.2 Å². The van der Waals surface area contributed by atoms with E-state index in [4.69, 9.17) is 14.6 Å². The van der Waals surface area contributed by atoms with Crippen molar-refractivity contribution in [1.29, 1.82) is 0 Å². The summed E-state index contributed by atoms with van der Waals surface area (Å²) in [5, 5.41) is 12.2. The summed E-state index contributed by atoms with van der Waals surface area (Å²) in [4.78, 5) is 26.1. The fraction of sp³-hybridized carbons (Fsp3) is 0.417. The number of nitrogens with one attached hydrogen (secondary N) is 1. The summed E-state index contributed by atoms with van der Waals surface area (Å²) in [6, 6.07) is 11.9. The Kier molecular flexibility index (Phi) is 7.52. The van der Waals surface area contributed by atoms with E-state index in [1.165, 1.54) is 12.1 Å². The molecule has 1 aliphatic rings. The van der Waals surface area contributed by atoms with Crippen LogP contribution in [0.25, 0.3) is 0 Å². The predicted octanol–water partition coefficient (Wildman–Crippen LogP) is 3.40. The van der Waals surface area contributed by atoms with Gasteiger partial charge in [0.1, 0.15) is 0 Å². The van der Waals surface area contributed by atoms with Crippen LogP contribution in [0.5, 0.6) is 11.5 Å². The lowest BCUT2D eigenvalue weighted by Crippen LogP contribution is -2.48. The maximum Gasteiger partial charge on any atom is 0.335 e. The Hall–Kier alpha value is -3.06. The maximum absolute atomic E-state index is 12.8. The molecule has 166 valence electrons. The van der Waals surface area contributed by atoms with Crippen molar-refractivity contribution in [3.8, 4) is 11.5 Å². The maximum atomic E-state index is 12.8. The zero-order valence-electron chi connectivity index (χ0n) is 18.3. The Morgan fingerprint density at radius 1 is 1.03 bits per heavy atom. The highest BCUT2D eigenvalue weighted by atomic mass is 16.5. The average molecular weight is 427 g/mol. The molecule has 0 bridgehead atoms. The second-order valence-corrected chi connectivity index (χ2v) is 7.69. The van der Waals surface area contributed by atoms with Crippen molar-refractivity contribution in [2.24, 2.45) is 0 Å². The number of carbonyl (C=O) groups excluding carboxylic acids is 1.